The summed E-state index contributed by atoms with van der Waals surface area (Å²) in [5.74, 6) is 1.63. The first-order valence-corrected chi connectivity index (χ1v) is 6.86. The standard InChI is InChI=1S/C13H21NS/c1-9-3-5-11(6-4-9)13(14)12-7-8-15-10(12)2/h7-9,11,13H,3-6,14H2,1-2H3. The van der Waals surface area contributed by atoms with Gasteiger partial charge >= 0.3 is 0 Å². The fraction of sp³-hybridized carbons (Fsp3) is 0.692. The van der Waals surface area contributed by atoms with Gasteiger partial charge in [0, 0.05) is 10.9 Å². The SMILES string of the molecule is Cc1sccc1C(N)C1CCC(C)CC1. The Morgan fingerprint density at radius 3 is 2.53 bits per heavy atom. The zero-order valence-electron chi connectivity index (χ0n) is 9.70. The van der Waals surface area contributed by atoms with Crippen LogP contribution in [0.3, 0.4) is 0 Å². The highest BCUT2D eigenvalue weighted by molar-refractivity contribution is 7.10. The van der Waals surface area contributed by atoms with Gasteiger partial charge in [-0.3, -0.25) is 0 Å². The predicted molar refractivity (Wildman–Crippen MR) is 67.1 cm³/mol. The zero-order valence-corrected chi connectivity index (χ0v) is 10.5. The van der Waals surface area contributed by atoms with Crippen molar-refractivity contribution in [3.8, 4) is 0 Å². The lowest BCUT2D eigenvalue weighted by Crippen LogP contribution is -2.25. The number of hydrogen-bond donors (Lipinski definition) is 1. The summed E-state index contributed by atoms with van der Waals surface area (Å²) in [4.78, 5) is 1.40. The van der Waals surface area contributed by atoms with Crippen LogP contribution in [0.5, 0.6) is 0 Å². The van der Waals surface area contributed by atoms with E-state index in [1.165, 1.54) is 36.1 Å². The van der Waals surface area contributed by atoms with Crippen LogP contribution in [-0.4, -0.2) is 0 Å². The fourth-order valence-corrected chi connectivity index (χ4v) is 3.40. The van der Waals surface area contributed by atoms with Crippen LogP contribution in [0.25, 0.3) is 0 Å². The molecule has 1 atom stereocenters. The molecule has 0 amide bonds. The third-order valence-electron chi connectivity index (χ3n) is 3.83. The maximum atomic E-state index is 6.37. The lowest BCUT2D eigenvalue weighted by Gasteiger charge is -2.30. The molecule has 1 fully saturated rings. The van der Waals surface area contributed by atoms with Crippen LogP contribution in [0.4, 0.5) is 0 Å². The highest BCUT2D eigenvalue weighted by atomic mass is 32.1. The summed E-state index contributed by atoms with van der Waals surface area (Å²) in [5.41, 5.74) is 7.76. The molecule has 84 valence electrons. The Labute approximate surface area is 96.7 Å². The molecule has 1 nitrogen and oxygen atoms in total. The van der Waals surface area contributed by atoms with Gasteiger partial charge < -0.3 is 5.73 Å². The lowest BCUT2D eigenvalue weighted by atomic mass is 9.78. The second-order valence-corrected chi connectivity index (χ2v) is 6.10. The number of nitrogens with two attached hydrogens (primary N) is 1. The molecule has 1 unspecified atom stereocenters. The monoisotopic (exact) mass is 223 g/mol. The molecule has 0 bridgehead atoms. The van der Waals surface area contributed by atoms with Crippen molar-refractivity contribution in [3.05, 3.63) is 21.9 Å². The molecular formula is C13H21NS. The average molecular weight is 223 g/mol. The first kappa shape index (κ1) is 11.2. The molecule has 1 saturated carbocycles. The van der Waals surface area contributed by atoms with E-state index in [1.807, 2.05) is 11.3 Å². The minimum Gasteiger partial charge on any atom is -0.324 e. The summed E-state index contributed by atoms with van der Waals surface area (Å²) in [6.45, 7) is 4.54. The van der Waals surface area contributed by atoms with E-state index in [0.717, 1.165) is 11.8 Å². The third-order valence-corrected chi connectivity index (χ3v) is 4.69. The van der Waals surface area contributed by atoms with Gasteiger partial charge in [0.2, 0.25) is 0 Å². The van der Waals surface area contributed by atoms with E-state index in [9.17, 15) is 0 Å². The summed E-state index contributed by atoms with van der Waals surface area (Å²) in [5, 5.41) is 2.16. The lowest BCUT2D eigenvalue weighted by molar-refractivity contribution is 0.256. The molecule has 0 saturated heterocycles. The summed E-state index contributed by atoms with van der Waals surface area (Å²) in [6.07, 6.45) is 5.36. The fourth-order valence-electron chi connectivity index (χ4n) is 2.64. The minimum atomic E-state index is 0.281. The van der Waals surface area contributed by atoms with E-state index in [1.54, 1.807) is 0 Å². The molecular weight excluding hydrogens is 202 g/mol. The molecule has 1 heterocycles. The van der Waals surface area contributed by atoms with E-state index in [4.69, 9.17) is 5.73 Å². The maximum absolute atomic E-state index is 6.37. The Morgan fingerprint density at radius 1 is 1.33 bits per heavy atom. The summed E-state index contributed by atoms with van der Waals surface area (Å²) in [6, 6.07) is 2.49. The van der Waals surface area contributed by atoms with E-state index in [2.05, 4.69) is 25.3 Å². The van der Waals surface area contributed by atoms with Crippen LogP contribution >= 0.6 is 11.3 Å². The first-order valence-electron chi connectivity index (χ1n) is 5.98. The summed E-state index contributed by atoms with van der Waals surface area (Å²) in [7, 11) is 0. The molecule has 2 rings (SSSR count). The Balaban J connectivity index is 2.02. The number of aryl methyl sites for hydroxylation is 1. The van der Waals surface area contributed by atoms with Gasteiger partial charge in [0.1, 0.15) is 0 Å². The van der Waals surface area contributed by atoms with Crippen LogP contribution in [0.1, 0.15) is 49.1 Å². The molecule has 1 aliphatic carbocycles. The smallest absolute Gasteiger partial charge is 0.0334 e. The Morgan fingerprint density at radius 2 is 2.00 bits per heavy atom. The van der Waals surface area contributed by atoms with Crippen molar-refractivity contribution < 1.29 is 0 Å². The molecule has 1 aliphatic rings. The van der Waals surface area contributed by atoms with Crippen molar-refractivity contribution >= 4 is 11.3 Å². The molecule has 1 aromatic rings. The number of rotatable bonds is 2. The maximum Gasteiger partial charge on any atom is 0.0334 e. The summed E-state index contributed by atoms with van der Waals surface area (Å²) < 4.78 is 0. The van der Waals surface area contributed by atoms with Gasteiger partial charge in [0.25, 0.3) is 0 Å². The molecule has 0 spiro atoms. The first-order chi connectivity index (χ1) is 7.18. The Hall–Kier alpha value is -0.340. The molecule has 15 heavy (non-hydrogen) atoms. The van der Waals surface area contributed by atoms with Crippen LogP contribution in [0.15, 0.2) is 11.4 Å². The minimum absolute atomic E-state index is 0.281. The molecule has 2 heteroatoms. The quantitative estimate of drug-likeness (QED) is 0.809. The van der Waals surface area contributed by atoms with Crippen LogP contribution < -0.4 is 5.73 Å². The third kappa shape index (κ3) is 2.43. The Bertz CT molecular complexity index is 310. The van der Waals surface area contributed by atoms with Gasteiger partial charge in [0.15, 0.2) is 0 Å². The van der Waals surface area contributed by atoms with Gasteiger partial charge in [-0.2, -0.15) is 0 Å². The van der Waals surface area contributed by atoms with Crippen molar-refractivity contribution in [2.45, 2.75) is 45.6 Å². The molecule has 2 N–H and O–H groups in total. The van der Waals surface area contributed by atoms with E-state index in [-0.39, 0.29) is 6.04 Å². The predicted octanol–water partition coefficient (Wildman–Crippen LogP) is 3.88. The molecule has 0 radical (unpaired) electrons. The van der Waals surface area contributed by atoms with Crippen molar-refractivity contribution in [2.75, 3.05) is 0 Å². The second kappa shape index (κ2) is 4.67. The molecule has 0 aliphatic heterocycles. The van der Waals surface area contributed by atoms with Crippen molar-refractivity contribution in [1.82, 2.24) is 0 Å². The zero-order chi connectivity index (χ0) is 10.8. The van der Waals surface area contributed by atoms with Gasteiger partial charge in [-0.25, -0.2) is 0 Å². The number of hydrogen-bond acceptors (Lipinski definition) is 2. The van der Waals surface area contributed by atoms with E-state index in [0.29, 0.717) is 0 Å². The van der Waals surface area contributed by atoms with Crippen molar-refractivity contribution in [1.29, 1.82) is 0 Å². The van der Waals surface area contributed by atoms with Gasteiger partial charge in [-0.15, -0.1) is 11.3 Å². The van der Waals surface area contributed by atoms with Crippen LogP contribution in [-0.2, 0) is 0 Å². The average Bonchev–Trinajstić information content (AvgIpc) is 2.65. The summed E-state index contributed by atoms with van der Waals surface area (Å²) >= 11 is 1.82. The molecule has 0 aromatic carbocycles. The van der Waals surface area contributed by atoms with Crippen LogP contribution in [0.2, 0.25) is 0 Å². The van der Waals surface area contributed by atoms with E-state index < -0.39 is 0 Å². The van der Waals surface area contributed by atoms with E-state index >= 15 is 0 Å². The normalized spacial score (nSPS) is 29.0. The van der Waals surface area contributed by atoms with Gasteiger partial charge in [-0.05, 0) is 48.6 Å². The van der Waals surface area contributed by atoms with Crippen LogP contribution in [0, 0.1) is 18.8 Å². The highest BCUT2D eigenvalue weighted by Gasteiger charge is 2.25. The van der Waals surface area contributed by atoms with Crippen molar-refractivity contribution in [3.63, 3.8) is 0 Å². The second-order valence-electron chi connectivity index (χ2n) is 4.98. The van der Waals surface area contributed by atoms with Crippen molar-refractivity contribution in [2.24, 2.45) is 17.6 Å². The topological polar surface area (TPSA) is 26.0 Å². The molecule has 1 aromatic heterocycles. The van der Waals surface area contributed by atoms with Gasteiger partial charge in [0.05, 0.1) is 0 Å². The Kier molecular flexibility index (Phi) is 3.47. The van der Waals surface area contributed by atoms with Gasteiger partial charge in [-0.1, -0.05) is 19.8 Å². The largest absolute Gasteiger partial charge is 0.324 e. The number of thiophene rings is 1. The highest BCUT2D eigenvalue weighted by Crippen LogP contribution is 2.37.